The van der Waals surface area contributed by atoms with E-state index in [2.05, 4.69) is 55.6 Å². The fraction of sp³-hybridized carbons (Fsp3) is 0.385. The van der Waals surface area contributed by atoms with Crippen molar-refractivity contribution in [1.82, 2.24) is 9.36 Å². The van der Waals surface area contributed by atoms with E-state index in [1.807, 2.05) is 0 Å². The lowest BCUT2D eigenvalue weighted by atomic mass is 9.78. The first-order chi connectivity index (χ1) is 8.31. The predicted octanol–water partition coefficient (Wildman–Crippen LogP) is 4.16. The molecule has 0 bridgehead atoms. The van der Waals surface area contributed by atoms with Gasteiger partial charge in [-0.05, 0) is 45.9 Å². The third-order valence-corrected chi connectivity index (χ3v) is 4.73. The molecule has 1 aromatic carbocycles. The molecule has 0 spiro atoms. The molecule has 1 saturated carbocycles. The number of hydrogen-bond donors (Lipinski definition) is 0. The Hall–Kier alpha value is -0.740. The van der Waals surface area contributed by atoms with E-state index in [4.69, 9.17) is 0 Å². The Morgan fingerprint density at radius 2 is 1.82 bits per heavy atom. The summed E-state index contributed by atoms with van der Waals surface area (Å²) in [4.78, 5) is 4.57. The monoisotopic (exact) mass is 308 g/mol. The van der Waals surface area contributed by atoms with Crippen LogP contribution >= 0.6 is 27.5 Å². The van der Waals surface area contributed by atoms with Crippen LogP contribution in [0.5, 0.6) is 0 Å². The number of halogens is 1. The van der Waals surface area contributed by atoms with E-state index in [-0.39, 0.29) is 5.41 Å². The van der Waals surface area contributed by atoms with Crippen LogP contribution in [0.3, 0.4) is 0 Å². The van der Waals surface area contributed by atoms with Crippen molar-refractivity contribution in [2.24, 2.45) is 0 Å². The van der Waals surface area contributed by atoms with Gasteiger partial charge in [-0.15, -0.1) is 0 Å². The third kappa shape index (κ3) is 1.93. The van der Waals surface area contributed by atoms with E-state index in [1.165, 1.54) is 42.8 Å². The maximum Gasteiger partial charge on any atom is 0.179 e. The fourth-order valence-corrected chi connectivity index (χ4v) is 3.67. The summed E-state index contributed by atoms with van der Waals surface area (Å²) in [7, 11) is 0. The maximum absolute atomic E-state index is 4.57. The van der Waals surface area contributed by atoms with Crippen molar-refractivity contribution in [2.75, 3.05) is 0 Å². The lowest BCUT2D eigenvalue weighted by molar-refractivity contribution is 0.506. The Bertz CT molecular complexity index is 503. The van der Waals surface area contributed by atoms with Gasteiger partial charge in [0, 0.05) is 0 Å². The minimum absolute atomic E-state index is 0.0593. The molecule has 1 fully saturated rings. The number of benzene rings is 1. The highest BCUT2D eigenvalue weighted by molar-refractivity contribution is 9.11. The molecule has 0 aliphatic heterocycles. The van der Waals surface area contributed by atoms with Crippen molar-refractivity contribution in [3.63, 3.8) is 0 Å². The Kier molecular flexibility index (Phi) is 3.01. The molecular weight excluding hydrogens is 296 g/mol. The SMILES string of the molecule is Brc1nc(C2(c3ccccc3)CCCC2)ns1. The van der Waals surface area contributed by atoms with Crippen LogP contribution in [-0.4, -0.2) is 9.36 Å². The molecule has 2 nitrogen and oxygen atoms in total. The molecule has 88 valence electrons. The topological polar surface area (TPSA) is 25.8 Å². The summed E-state index contributed by atoms with van der Waals surface area (Å²) in [5, 5.41) is 0. The second-order valence-corrected chi connectivity index (χ2v) is 6.55. The first-order valence-corrected chi connectivity index (χ1v) is 7.43. The lowest BCUT2D eigenvalue weighted by Crippen LogP contribution is -2.25. The van der Waals surface area contributed by atoms with Crippen LogP contribution in [0.1, 0.15) is 37.1 Å². The van der Waals surface area contributed by atoms with Crippen LogP contribution in [0.2, 0.25) is 0 Å². The number of rotatable bonds is 2. The maximum atomic E-state index is 4.57. The van der Waals surface area contributed by atoms with Gasteiger partial charge in [0.2, 0.25) is 0 Å². The normalized spacial score (nSPS) is 18.4. The van der Waals surface area contributed by atoms with Crippen molar-refractivity contribution < 1.29 is 0 Å². The zero-order chi connectivity index (χ0) is 11.7. The zero-order valence-corrected chi connectivity index (χ0v) is 11.8. The standard InChI is InChI=1S/C13H13BrN2S/c14-12-15-11(16-17-12)13(8-4-5-9-13)10-6-2-1-3-7-10/h1-3,6-7H,4-5,8-9H2. The molecule has 2 aromatic rings. The molecular formula is C13H13BrN2S. The van der Waals surface area contributed by atoms with Crippen LogP contribution in [0.4, 0.5) is 0 Å². The van der Waals surface area contributed by atoms with E-state index in [0.29, 0.717) is 0 Å². The average molecular weight is 309 g/mol. The van der Waals surface area contributed by atoms with Crippen molar-refractivity contribution in [3.8, 4) is 0 Å². The largest absolute Gasteiger partial charge is 0.211 e. The van der Waals surface area contributed by atoms with E-state index in [0.717, 1.165) is 9.74 Å². The average Bonchev–Trinajstić information content (AvgIpc) is 2.99. The molecule has 0 unspecified atom stereocenters. The Morgan fingerprint density at radius 3 is 2.41 bits per heavy atom. The minimum Gasteiger partial charge on any atom is -0.211 e. The summed E-state index contributed by atoms with van der Waals surface area (Å²) in [6, 6.07) is 10.7. The molecule has 0 N–H and O–H groups in total. The Balaban J connectivity index is 2.11. The molecule has 1 aromatic heterocycles. The van der Waals surface area contributed by atoms with E-state index in [9.17, 15) is 0 Å². The van der Waals surface area contributed by atoms with Crippen molar-refractivity contribution in [1.29, 1.82) is 0 Å². The summed E-state index contributed by atoms with van der Waals surface area (Å²) in [6.07, 6.45) is 4.87. The summed E-state index contributed by atoms with van der Waals surface area (Å²) < 4.78 is 5.41. The second-order valence-electron chi connectivity index (χ2n) is 4.53. The van der Waals surface area contributed by atoms with Gasteiger partial charge in [0.25, 0.3) is 0 Å². The molecule has 0 saturated heterocycles. The lowest BCUT2D eigenvalue weighted by Gasteiger charge is -2.26. The van der Waals surface area contributed by atoms with Crippen molar-refractivity contribution in [2.45, 2.75) is 31.1 Å². The molecule has 3 rings (SSSR count). The summed E-state index contributed by atoms with van der Waals surface area (Å²) in [5.74, 6) is 0.998. The first kappa shape index (κ1) is 11.4. The van der Waals surface area contributed by atoms with Gasteiger partial charge in [-0.25, -0.2) is 4.98 Å². The molecule has 0 atom stereocenters. The van der Waals surface area contributed by atoms with Crippen LogP contribution in [0, 0.1) is 0 Å². The molecule has 0 radical (unpaired) electrons. The minimum atomic E-state index is 0.0593. The van der Waals surface area contributed by atoms with Crippen LogP contribution in [0.15, 0.2) is 34.2 Å². The van der Waals surface area contributed by atoms with Crippen molar-refractivity contribution in [3.05, 3.63) is 45.6 Å². The Morgan fingerprint density at radius 1 is 1.12 bits per heavy atom. The zero-order valence-electron chi connectivity index (χ0n) is 9.40. The molecule has 1 aliphatic carbocycles. The van der Waals surface area contributed by atoms with Gasteiger partial charge >= 0.3 is 0 Å². The van der Waals surface area contributed by atoms with Gasteiger partial charge < -0.3 is 0 Å². The van der Waals surface area contributed by atoms with Crippen LogP contribution in [0.25, 0.3) is 0 Å². The van der Waals surface area contributed by atoms with Gasteiger partial charge in [-0.1, -0.05) is 43.2 Å². The van der Waals surface area contributed by atoms with E-state index in [1.54, 1.807) is 0 Å². The molecule has 17 heavy (non-hydrogen) atoms. The highest BCUT2D eigenvalue weighted by atomic mass is 79.9. The quantitative estimate of drug-likeness (QED) is 0.832. The summed E-state index contributed by atoms with van der Waals surface area (Å²) in [6.45, 7) is 0. The second kappa shape index (κ2) is 4.50. The third-order valence-electron chi connectivity index (χ3n) is 3.61. The van der Waals surface area contributed by atoms with E-state index < -0.39 is 0 Å². The highest BCUT2D eigenvalue weighted by Crippen LogP contribution is 2.45. The van der Waals surface area contributed by atoms with Gasteiger partial charge in [0.15, 0.2) is 9.74 Å². The van der Waals surface area contributed by atoms with Crippen LogP contribution in [-0.2, 0) is 5.41 Å². The number of hydrogen-bond acceptors (Lipinski definition) is 3. The van der Waals surface area contributed by atoms with Gasteiger partial charge in [0.1, 0.15) is 0 Å². The summed E-state index contributed by atoms with van der Waals surface area (Å²) in [5.41, 5.74) is 1.42. The predicted molar refractivity (Wildman–Crippen MR) is 73.3 cm³/mol. The fourth-order valence-electron chi connectivity index (χ4n) is 2.78. The molecule has 1 heterocycles. The van der Waals surface area contributed by atoms with Crippen molar-refractivity contribution >= 4 is 27.5 Å². The van der Waals surface area contributed by atoms with Crippen LogP contribution < -0.4 is 0 Å². The highest BCUT2D eigenvalue weighted by Gasteiger charge is 2.40. The van der Waals surface area contributed by atoms with Gasteiger partial charge in [-0.3, -0.25) is 0 Å². The first-order valence-electron chi connectivity index (χ1n) is 5.86. The van der Waals surface area contributed by atoms with Gasteiger partial charge in [0.05, 0.1) is 5.41 Å². The van der Waals surface area contributed by atoms with Gasteiger partial charge in [-0.2, -0.15) is 4.37 Å². The molecule has 0 amide bonds. The smallest absolute Gasteiger partial charge is 0.179 e. The summed E-state index contributed by atoms with van der Waals surface area (Å²) >= 11 is 4.86. The Labute approximate surface area is 113 Å². The molecule has 4 heteroatoms. The van der Waals surface area contributed by atoms with E-state index >= 15 is 0 Å². The number of nitrogens with zero attached hydrogens (tertiary/aromatic N) is 2. The number of aromatic nitrogens is 2. The molecule has 1 aliphatic rings.